The lowest BCUT2D eigenvalue weighted by atomic mass is 9.99. The minimum absolute atomic E-state index is 0.0231. The highest BCUT2D eigenvalue weighted by Gasteiger charge is 2.15. The Morgan fingerprint density at radius 3 is 2.38 bits per heavy atom. The van der Waals surface area contributed by atoms with Crippen molar-refractivity contribution in [2.24, 2.45) is 0 Å². The maximum atomic E-state index is 6.30. The minimum Gasteiger partial charge on any atom is -0.494 e. The Balaban J connectivity index is 2.24. The molecule has 112 valence electrons. The van der Waals surface area contributed by atoms with Gasteiger partial charge in [-0.05, 0) is 48.9 Å². The SMILES string of the molecule is CCCOc1ccc(C(NC)c2ccc(Cl)cc2Cl)cc1. The molecule has 0 aliphatic rings. The molecule has 0 aliphatic heterocycles. The van der Waals surface area contributed by atoms with Crippen LogP contribution in [-0.2, 0) is 0 Å². The maximum absolute atomic E-state index is 6.30. The van der Waals surface area contributed by atoms with E-state index in [9.17, 15) is 0 Å². The van der Waals surface area contributed by atoms with E-state index in [2.05, 4.69) is 24.4 Å². The number of halogens is 2. The van der Waals surface area contributed by atoms with Gasteiger partial charge in [0.1, 0.15) is 5.75 Å². The van der Waals surface area contributed by atoms with Crippen molar-refractivity contribution in [3.05, 3.63) is 63.6 Å². The summed E-state index contributed by atoms with van der Waals surface area (Å²) in [5, 5.41) is 4.59. The molecular weight excluding hydrogens is 305 g/mol. The molecule has 0 aromatic heterocycles. The summed E-state index contributed by atoms with van der Waals surface area (Å²) in [5.74, 6) is 0.887. The second kappa shape index (κ2) is 7.69. The molecule has 0 bridgehead atoms. The number of nitrogens with one attached hydrogen (secondary N) is 1. The molecule has 0 spiro atoms. The van der Waals surface area contributed by atoms with Gasteiger partial charge in [0.15, 0.2) is 0 Å². The van der Waals surface area contributed by atoms with E-state index in [1.54, 1.807) is 6.07 Å². The Bertz CT molecular complexity index is 584. The molecule has 4 heteroatoms. The highest BCUT2D eigenvalue weighted by Crippen LogP contribution is 2.31. The lowest BCUT2D eigenvalue weighted by molar-refractivity contribution is 0.317. The minimum atomic E-state index is 0.0231. The summed E-state index contributed by atoms with van der Waals surface area (Å²) in [5.41, 5.74) is 2.14. The first-order valence-electron chi connectivity index (χ1n) is 7.00. The lowest BCUT2D eigenvalue weighted by Gasteiger charge is -2.19. The summed E-state index contributed by atoms with van der Waals surface area (Å²) in [7, 11) is 1.91. The molecule has 1 atom stereocenters. The molecule has 0 aliphatic carbocycles. The van der Waals surface area contributed by atoms with E-state index in [1.807, 2.05) is 31.3 Å². The van der Waals surface area contributed by atoms with E-state index in [0.29, 0.717) is 10.0 Å². The van der Waals surface area contributed by atoms with Crippen LogP contribution in [0.25, 0.3) is 0 Å². The van der Waals surface area contributed by atoms with Gasteiger partial charge in [0.2, 0.25) is 0 Å². The molecular formula is C17H19Cl2NO. The fourth-order valence-corrected chi connectivity index (χ4v) is 2.73. The standard InChI is InChI=1S/C17H19Cl2NO/c1-3-10-21-14-7-4-12(5-8-14)17(20-2)15-9-6-13(18)11-16(15)19/h4-9,11,17,20H,3,10H2,1-2H3. The largest absolute Gasteiger partial charge is 0.494 e. The number of ether oxygens (including phenoxy) is 1. The predicted octanol–water partition coefficient (Wildman–Crippen LogP) is 5.09. The van der Waals surface area contributed by atoms with Crippen LogP contribution in [0.3, 0.4) is 0 Å². The summed E-state index contributed by atoms with van der Waals surface area (Å²) in [6, 6.07) is 13.7. The van der Waals surface area contributed by atoms with Crippen LogP contribution in [0.4, 0.5) is 0 Å². The van der Waals surface area contributed by atoms with Crippen molar-refractivity contribution in [3.8, 4) is 5.75 Å². The molecule has 2 rings (SSSR count). The summed E-state index contributed by atoms with van der Waals surface area (Å²) < 4.78 is 5.60. The molecule has 0 saturated carbocycles. The zero-order valence-electron chi connectivity index (χ0n) is 12.2. The number of hydrogen-bond acceptors (Lipinski definition) is 2. The summed E-state index contributed by atoms with van der Waals surface area (Å²) >= 11 is 12.3. The third-order valence-corrected chi connectivity index (χ3v) is 3.81. The molecule has 1 unspecified atom stereocenters. The average molecular weight is 324 g/mol. The highest BCUT2D eigenvalue weighted by atomic mass is 35.5. The monoisotopic (exact) mass is 323 g/mol. The molecule has 0 amide bonds. The third kappa shape index (κ3) is 4.13. The quantitative estimate of drug-likeness (QED) is 0.799. The van der Waals surface area contributed by atoms with Gasteiger partial charge in [-0.2, -0.15) is 0 Å². The van der Waals surface area contributed by atoms with E-state index in [4.69, 9.17) is 27.9 Å². The van der Waals surface area contributed by atoms with Crippen LogP contribution < -0.4 is 10.1 Å². The van der Waals surface area contributed by atoms with Gasteiger partial charge < -0.3 is 10.1 Å². The Morgan fingerprint density at radius 1 is 1.10 bits per heavy atom. The van der Waals surface area contributed by atoms with Gasteiger partial charge in [0.05, 0.1) is 12.6 Å². The van der Waals surface area contributed by atoms with Crippen molar-refractivity contribution in [1.82, 2.24) is 5.32 Å². The first-order chi connectivity index (χ1) is 10.2. The summed E-state index contributed by atoms with van der Waals surface area (Å²) in [6.45, 7) is 2.83. The number of benzene rings is 2. The van der Waals surface area contributed by atoms with Crippen LogP contribution >= 0.6 is 23.2 Å². The van der Waals surface area contributed by atoms with Crippen molar-refractivity contribution in [1.29, 1.82) is 0 Å². The fourth-order valence-electron chi connectivity index (χ4n) is 2.21. The van der Waals surface area contributed by atoms with E-state index in [-0.39, 0.29) is 6.04 Å². The topological polar surface area (TPSA) is 21.3 Å². The van der Waals surface area contributed by atoms with Crippen molar-refractivity contribution >= 4 is 23.2 Å². The second-order valence-electron chi connectivity index (χ2n) is 4.81. The van der Waals surface area contributed by atoms with Gasteiger partial charge in [-0.25, -0.2) is 0 Å². The van der Waals surface area contributed by atoms with Crippen LogP contribution in [0.5, 0.6) is 5.75 Å². The molecule has 0 fully saturated rings. The van der Waals surface area contributed by atoms with Gasteiger partial charge in [-0.1, -0.05) is 48.3 Å². The van der Waals surface area contributed by atoms with Gasteiger partial charge in [0.25, 0.3) is 0 Å². The average Bonchev–Trinajstić information content (AvgIpc) is 2.49. The number of hydrogen-bond donors (Lipinski definition) is 1. The Labute approximate surface area is 136 Å². The highest BCUT2D eigenvalue weighted by molar-refractivity contribution is 6.35. The van der Waals surface area contributed by atoms with Crippen LogP contribution in [0.1, 0.15) is 30.5 Å². The van der Waals surface area contributed by atoms with E-state index >= 15 is 0 Å². The molecule has 2 aromatic carbocycles. The summed E-state index contributed by atoms with van der Waals surface area (Å²) in [6.07, 6.45) is 1.00. The van der Waals surface area contributed by atoms with Crippen molar-refractivity contribution in [2.75, 3.05) is 13.7 Å². The van der Waals surface area contributed by atoms with Gasteiger partial charge in [0, 0.05) is 10.0 Å². The van der Waals surface area contributed by atoms with E-state index in [1.165, 1.54) is 0 Å². The molecule has 0 radical (unpaired) electrons. The summed E-state index contributed by atoms with van der Waals surface area (Å²) in [4.78, 5) is 0. The molecule has 0 heterocycles. The van der Waals surface area contributed by atoms with Crippen LogP contribution in [0.2, 0.25) is 10.0 Å². The number of rotatable bonds is 6. The Kier molecular flexibility index (Phi) is 5.92. The fraction of sp³-hybridized carbons (Fsp3) is 0.294. The van der Waals surface area contributed by atoms with Crippen molar-refractivity contribution in [2.45, 2.75) is 19.4 Å². The van der Waals surface area contributed by atoms with Gasteiger partial charge in [-0.15, -0.1) is 0 Å². The van der Waals surface area contributed by atoms with Gasteiger partial charge in [-0.3, -0.25) is 0 Å². The first kappa shape index (κ1) is 16.2. The zero-order chi connectivity index (χ0) is 15.2. The molecule has 2 nitrogen and oxygen atoms in total. The molecule has 1 N–H and O–H groups in total. The van der Waals surface area contributed by atoms with E-state index in [0.717, 1.165) is 29.9 Å². The maximum Gasteiger partial charge on any atom is 0.119 e. The first-order valence-corrected chi connectivity index (χ1v) is 7.76. The zero-order valence-corrected chi connectivity index (χ0v) is 13.7. The van der Waals surface area contributed by atoms with Crippen molar-refractivity contribution < 1.29 is 4.74 Å². The normalized spacial score (nSPS) is 12.2. The smallest absolute Gasteiger partial charge is 0.119 e. The van der Waals surface area contributed by atoms with Crippen LogP contribution in [0, 0.1) is 0 Å². The molecule has 21 heavy (non-hydrogen) atoms. The molecule has 0 saturated heterocycles. The second-order valence-corrected chi connectivity index (χ2v) is 5.65. The van der Waals surface area contributed by atoms with Crippen LogP contribution in [0.15, 0.2) is 42.5 Å². The van der Waals surface area contributed by atoms with Crippen LogP contribution in [-0.4, -0.2) is 13.7 Å². The Morgan fingerprint density at radius 2 is 1.81 bits per heavy atom. The predicted molar refractivity (Wildman–Crippen MR) is 89.6 cm³/mol. The van der Waals surface area contributed by atoms with E-state index < -0.39 is 0 Å². The van der Waals surface area contributed by atoms with Crippen molar-refractivity contribution in [3.63, 3.8) is 0 Å². The Hall–Kier alpha value is -1.22. The van der Waals surface area contributed by atoms with Gasteiger partial charge >= 0.3 is 0 Å². The lowest BCUT2D eigenvalue weighted by Crippen LogP contribution is -2.18. The third-order valence-electron chi connectivity index (χ3n) is 3.25. The molecule has 2 aromatic rings.